The Hall–Kier alpha value is -3.20. The first kappa shape index (κ1) is 21.0. The standard InChI is InChI=1S/C17H18N8O4S2/c1-25-13-4-2-10(8-11(13)9-20-25)12-3-5-14(30(26,27)7-6-18)16(31(19,28)29)15(12)17-21-23-24-22-17/h2-5,8-9H,6-7,18H2,1H3,(H2,19,28,29)(H,21,22,23,24). The lowest BCUT2D eigenvalue weighted by Gasteiger charge is -2.16. The van der Waals surface area contributed by atoms with E-state index in [0.717, 1.165) is 10.9 Å². The van der Waals surface area contributed by atoms with Crippen LogP contribution >= 0.6 is 0 Å². The molecular formula is C17H18N8O4S2. The zero-order valence-corrected chi connectivity index (χ0v) is 17.9. The molecule has 0 aliphatic heterocycles. The quantitative estimate of drug-likeness (QED) is 0.348. The molecule has 0 saturated carbocycles. The Morgan fingerprint density at radius 2 is 1.90 bits per heavy atom. The van der Waals surface area contributed by atoms with Crippen molar-refractivity contribution in [3.63, 3.8) is 0 Å². The molecule has 0 aliphatic rings. The van der Waals surface area contributed by atoms with Crippen LogP contribution in [0.15, 0.2) is 46.3 Å². The van der Waals surface area contributed by atoms with Gasteiger partial charge in [-0.2, -0.15) is 10.3 Å². The van der Waals surface area contributed by atoms with E-state index in [1.165, 1.54) is 12.1 Å². The van der Waals surface area contributed by atoms with Gasteiger partial charge in [-0.15, -0.1) is 10.2 Å². The van der Waals surface area contributed by atoms with Gasteiger partial charge in [-0.3, -0.25) is 4.68 Å². The Morgan fingerprint density at radius 3 is 2.55 bits per heavy atom. The fourth-order valence-electron chi connectivity index (χ4n) is 3.42. The number of sulfone groups is 1. The Kier molecular flexibility index (Phi) is 5.09. The van der Waals surface area contributed by atoms with E-state index in [-0.39, 0.29) is 17.9 Å². The number of H-pyrrole nitrogens is 1. The van der Waals surface area contributed by atoms with Crippen molar-refractivity contribution >= 4 is 30.8 Å². The summed E-state index contributed by atoms with van der Waals surface area (Å²) in [7, 11) is -6.78. The van der Waals surface area contributed by atoms with Gasteiger partial charge >= 0.3 is 0 Å². The zero-order valence-electron chi connectivity index (χ0n) is 16.2. The fraction of sp³-hybridized carbons (Fsp3) is 0.176. The normalized spacial score (nSPS) is 12.5. The van der Waals surface area contributed by atoms with Crippen LogP contribution in [0.3, 0.4) is 0 Å². The maximum absolute atomic E-state index is 12.8. The summed E-state index contributed by atoms with van der Waals surface area (Å²) in [5.74, 6) is -0.572. The monoisotopic (exact) mass is 462 g/mol. The van der Waals surface area contributed by atoms with Crippen molar-refractivity contribution < 1.29 is 16.8 Å². The zero-order chi connectivity index (χ0) is 22.4. The number of primary sulfonamides is 1. The average molecular weight is 463 g/mol. The lowest BCUT2D eigenvalue weighted by atomic mass is 9.98. The number of fused-ring (bicyclic) bond motifs is 1. The summed E-state index contributed by atoms with van der Waals surface area (Å²) in [6.07, 6.45) is 1.66. The molecule has 0 saturated heterocycles. The highest BCUT2D eigenvalue weighted by molar-refractivity contribution is 7.93. The smallest absolute Gasteiger partial charge is 0.240 e. The van der Waals surface area contributed by atoms with Crippen LogP contribution in [0, 0.1) is 0 Å². The first-order valence-corrected chi connectivity index (χ1v) is 12.1. The molecule has 0 amide bonds. The van der Waals surface area contributed by atoms with Crippen LogP contribution in [0.4, 0.5) is 0 Å². The van der Waals surface area contributed by atoms with E-state index in [1.54, 1.807) is 30.1 Å². The summed E-state index contributed by atoms with van der Waals surface area (Å²) >= 11 is 0. The number of nitrogens with two attached hydrogens (primary N) is 2. The van der Waals surface area contributed by atoms with Crippen LogP contribution in [0.5, 0.6) is 0 Å². The molecule has 0 radical (unpaired) electrons. The number of hydrogen-bond donors (Lipinski definition) is 3. The minimum absolute atomic E-state index is 0.0717. The number of tetrazole rings is 1. The van der Waals surface area contributed by atoms with E-state index in [0.29, 0.717) is 11.1 Å². The summed E-state index contributed by atoms with van der Waals surface area (Å²) in [6, 6.07) is 8.05. The van der Waals surface area contributed by atoms with Gasteiger partial charge in [0, 0.05) is 19.0 Å². The highest BCUT2D eigenvalue weighted by Crippen LogP contribution is 2.39. The van der Waals surface area contributed by atoms with Crippen molar-refractivity contribution in [2.75, 3.05) is 12.3 Å². The highest BCUT2D eigenvalue weighted by Gasteiger charge is 2.31. The molecule has 0 bridgehead atoms. The summed E-state index contributed by atoms with van der Waals surface area (Å²) in [5.41, 5.74) is 7.15. The lowest BCUT2D eigenvalue weighted by molar-refractivity contribution is 0.583. The number of benzene rings is 2. The van der Waals surface area contributed by atoms with Crippen LogP contribution in [-0.2, 0) is 26.9 Å². The molecule has 0 fully saturated rings. The number of rotatable bonds is 6. The van der Waals surface area contributed by atoms with Crippen molar-refractivity contribution in [2.45, 2.75) is 9.79 Å². The number of nitrogens with zero attached hydrogens (tertiary/aromatic N) is 5. The fourth-order valence-corrected chi connectivity index (χ4v) is 6.17. The summed E-state index contributed by atoms with van der Waals surface area (Å²) in [5, 5.41) is 24.0. The molecule has 0 aliphatic carbocycles. The van der Waals surface area contributed by atoms with Gasteiger partial charge in [0.1, 0.15) is 4.90 Å². The Labute approximate surface area is 177 Å². The molecule has 14 heteroatoms. The topological polar surface area (TPSA) is 193 Å². The second-order valence-electron chi connectivity index (χ2n) is 6.75. The number of aryl methyl sites for hydroxylation is 1. The van der Waals surface area contributed by atoms with E-state index in [4.69, 9.17) is 10.9 Å². The first-order chi connectivity index (χ1) is 14.6. The molecule has 4 rings (SSSR count). The summed E-state index contributed by atoms with van der Waals surface area (Å²) in [6.45, 7) is -0.191. The predicted molar refractivity (Wildman–Crippen MR) is 112 cm³/mol. The summed E-state index contributed by atoms with van der Waals surface area (Å²) in [4.78, 5) is -1.07. The van der Waals surface area contributed by atoms with Crippen molar-refractivity contribution in [3.8, 4) is 22.5 Å². The van der Waals surface area contributed by atoms with Gasteiger partial charge in [-0.25, -0.2) is 22.0 Å². The first-order valence-electron chi connectivity index (χ1n) is 8.92. The molecule has 0 unspecified atom stereocenters. The predicted octanol–water partition coefficient (Wildman–Crippen LogP) is -0.200. The van der Waals surface area contributed by atoms with E-state index < -0.39 is 35.4 Å². The van der Waals surface area contributed by atoms with Gasteiger partial charge in [0.2, 0.25) is 15.8 Å². The minimum atomic E-state index is -4.52. The number of hydrogen-bond acceptors (Lipinski definition) is 9. The van der Waals surface area contributed by atoms with Crippen LogP contribution in [-0.4, -0.2) is 59.5 Å². The van der Waals surface area contributed by atoms with Gasteiger partial charge in [-0.05, 0) is 34.5 Å². The van der Waals surface area contributed by atoms with Gasteiger partial charge in [0.15, 0.2) is 9.84 Å². The average Bonchev–Trinajstić information content (AvgIpc) is 3.36. The van der Waals surface area contributed by atoms with Gasteiger partial charge < -0.3 is 5.73 Å². The van der Waals surface area contributed by atoms with Crippen molar-refractivity contribution in [1.29, 1.82) is 0 Å². The second-order valence-corrected chi connectivity index (χ2v) is 10.3. The minimum Gasteiger partial charge on any atom is -0.329 e. The molecule has 4 aromatic rings. The third-order valence-electron chi connectivity index (χ3n) is 4.75. The SMILES string of the molecule is Cn1ncc2cc(-c3ccc(S(=O)(=O)CCN)c(S(N)(=O)=O)c3-c3nn[nH]n3)ccc21. The van der Waals surface area contributed by atoms with Crippen LogP contribution in [0.1, 0.15) is 0 Å². The molecule has 2 aromatic carbocycles. The van der Waals surface area contributed by atoms with Crippen LogP contribution < -0.4 is 10.9 Å². The lowest BCUT2D eigenvalue weighted by Crippen LogP contribution is -2.22. The third-order valence-corrected chi connectivity index (χ3v) is 7.66. The number of aromatic nitrogens is 6. The Balaban J connectivity index is 2.11. The third kappa shape index (κ3) is 3.69. The maximum Gasteiger partial charge on any atom is 0.240 e. The number of aromatic amines is 1. The number of sulfonamides is 1. The molecule has 2 heterocycles. The Bertz CT molecular complexity index is 1490. The van der Waals surface area contributed by atoms with Gasteiger partial charge in [0.05, 0.1) is 27.9 Å². The van der Waals surface area contributed by atoms with Crippen molar-refractivity contribution in [3.05, 3.63) is 36.5 Å². The summed E-state index contributed by atoms with van der Waals surface area (Å²) < 4.78 is 52.4. The molecule has 162 valence electrons. The van der Waals surface area contributed by atoms with Crippen molar-refractivity contribution in [1.82, 2.24) is 30.4 Å². The highest BCUT2D eigenvalue weighted by atomic mass is 32.2. The molecule has 0 atom stereocenters. The maximum atomic E-state index is 12.8. The van der Waals surface area contributed by atoms with Gasteiger partial charge in [0.25, 0.3) is 0 Å². The number of nitrogens with one attached hydrogen (secondary N) is 1. The molecule has 5 N–H and O–H groups in total. The van der Waals surface area contributed by atoms with Crippen molar-refractivity contribution in [2.24, 2.45) is 17.9 Å². The molecular weight excluding hydrogens is 444 g/mol. The van der Waals surface area contributed by atoms with E-state index in [2.05, 4.69) is 25.7 Å². The van der Waals surface area contributed by atoms with Crippen LogP contribution in [0.2, 0.25) is 0 Å². The Morgan fingerprint density at radius 1 is 1.13 bits per heavy atom. The molecule has 0 spiro atoms. The van der Waals surface area contributed by atoms with Crippen LogP contribution in [0.25, 0.3) is 33.4 Å². The van der Waals surface area contributed by atoms with Gasteiger partial charge in [-0.1, -0.05) is 12.1 Å². The van der Waals surface area contributed by atoms with E-state index >= 15 is 0 Å². The largest absolute Gasteiger partial charge is 0.329 e. The van der Waals surface area contributed by atoms with E-state index in [1.807, 2.05) is 6.07 Å². The molecule has 31 heavy (non-hydrogen) atoms. The molecule has 2 aromatic heterocycles. The second kappa shape index (κ2) is 7.49. The molecule has 12 nitrogen and oxygen atoms in total. The van der Waals surface area contributed by atoms with E-state index in [9.17, 15) is 16.8 Å².